The van der Waals surface area contributed by atoms with Crippen molar-refractivity contribution >= 4 is 11.8 Å². The van der Waals surface area contributed by atoms with Crippen LogP contribution in [0.3, 0.4) is 0 Å². The molecule has 2 aliphatic rings. The van der Waals surface area contributed by atoms with Gasteiger partial charge in [-0.3, -0.25) is 15.4 Å². The Balaban J connectivity index is 1.44. The molecule has 0 radical (unpaired) electrons. The molecule has 12 nitrogen and oxygen atoms in total. The number of carbonyl (C=O) groups is 2. The fraction of sp³-hybridized carbons (Fsp3) is 0.862. The Bertz CT molecular complexity index is 772. The number of ketones is 1. The lowest BCUT2D eigenvalue weighted by Crippen LogP contribution is -2.66. The van der Waals surface area contributed by atoms with E-state index in [9.17, 15) is 24.9 Å². The molecule has 5 atom stereocenters. The highest BCUT2D eigenvalue weighted by molar-refractivity contribution is 5.95. The monoisotopic (exact) mass is 587 g/mol. The van der Waals surface area contributed by atoms with Crippen molar-refractivity contribution in [1.29, 1.82) is 0 Å². The molecule has 12 heteroatoms. The van der Waals surface area contributed by atoms with Crippen molar-refractivity contribution in [2.45, 2.75) is 120 Å². The second-order valence-corrected chi connectivity index (χ2v) is 10.9. The van der Waals surface area contributed by atoms with E-state index in [4.69, 9.17) is 24.7 Å². The summed E-state index contributed by atoms with van der Waals surface area (Å²) >= 11 is 0. The lowest BCUT2D eigenvalue weighted by molar-refractivity contribution is -0.124. The van der Waals surface area contributed by atoms with Gasteiger partial charge in [-0.2, -0.15) is 0 Å². The number of hydrogen-bond acceptors (Lipinski definition) is 10. The van der Waals surface area contributed by atoms with Gasteiger partial charge in [-0.25, -0.2) is 4.79 Å². The number of nitrogens with two attached hydrogens (primary N) is 1. The van der Waals surface area contributed by atoms with Crippen LogP contribution in [0.25, 0.3) is 0 Å². The molecule has 0 aliphatic carbocycles. The van der Waals surface area contributed by atoms with Crippen molar-refractivity contribution in [1.82, 2.24) is 10.2 Å². The number of aliphatic hydroxyl groups is 3. The van der Waals surface area contributed by atoms with E-state index < -0.39 is 42.8 Å². The Morgan fingerprint density at radius 2 is 1.49 bits per heavy atom. The molecular formula is C29H53N3O9. The van der Waals surface area contributed by atoms with Crippen LogP contribution in [0.5, 0.6) is 0 Å². The lowest BCUT2D eigenvalue weighted by Gasteiger charge is -2.36. The van der Waals surface area contributed by atoms with Crippen molar-refractivity contribution in [2.24, 2.45) is 5.73 Å². The van der Waals surface area contributed by atoms with Crippen LogP contribution >= 0.6 is 0 Å². The zero-order valence-electron chi connectivity index (χ0n) is 24.7. The summed E-state index contributed by atoms with van der Waals surface area (Å²) in [6.07, 6.45) is 12.9. The van der Waals surface area contributed by atoms with Gasteiger partial charge in [-0.05, 0) is 18.9 Å². The van der Waals surface area contributed by atoms with Gasteiger partial charge in [0.15, 0.2) is 17.7 Å². The number of methoxy groups -OCH3 is 1. The van der Waals surface area contributed by atoms with E-state index in [0.29, 0.717) is 26.4 Å². The zero-order valence-corrected chi connectivity index (χ0v) is 24.7. The second kappa shape index (κ2) is 20.3. The number of hydrogen-bond donors (Lipinski definition) is 5. The van der Waals surface area contributed by atoms with Crippen molar-refractivity contribution in [3.05, 3.63) is 12.3 Å². The first-order valence-electron chi connectivity index (χ1n) is 15.2. The normalized spacial score (nSPS) is 26.1. The van der Waals surface area contributed by atoms with Crippen LogP contribution in [0.2, 0.25) is 0 Å². The summed E-state index contributed by atoms with van der Waals surface area (Å²) in [6, 6.07) is -0.719. The smallest absolute Gasteiger partial charge is 0.325 e. The number of rotatable bonds is 24. The van der Waals surface area contributed by atoms with Crippen LogP contribution in [-0.4, -0.2) is 103 Å². The SMILES string of the molecule is COCCOCOCCCCCCCCCCCCCCCC(=O)C1(N)C=CN([C@@H]2O[C@H](CO)[C@@H](O)[C@@H]2O)C(=O)N1. The average Bonchev–Trinajstić information content (AvgIpc) is 3.24. The predicted molar refractivity (Wildman–Crippen MR) is 152 cm³/mol. The number of nitrogens with zero attached hydrogens (tertiary/aromatic N) is 1. The van der Waals surface area contributed by atoms with E-state index in [-0.39, 0.29) is 12.2 Å². The predicted octanol–water partition coefficient (Wildman–Crippen LogP) is 2.29. The van der Waals surface area contributed by atoms with Gasteiger partial charge in [0.05, 0.1) is 19.8 Å². The first-order chi connectivity index (χ1) is 19.8. The Morgan fingerprint density at radius 3 is 2.02 bits per heavy atom. The van der Waals surface area contributed by atoms with E-state index in [1.807, 2.05) is 0 Å². The molecule has 1 fully saturated rings. The molecule has 0 saturated carbocycles. The molecule has 2 aliphatic heterocycles. The van der Waals surface area contributed by atoms with Crippen molar-refractivity contribution < 1.29 is 43.9 Å². The number of ether oxygens (including phenoxy) is 4. The van der Waals surface area contributed by atoms with Crippen LogP contribution < -0.4 is 11.1 Å². The van der Waals surface area contributed by atoms with Crippen LogP contribution in [0.1, 0.15) is 89.9 Å². The fourth-order valence-electron chi connectivity index (χ4n) is 4.98. The summed E-state index contributed by atoms with van der Waals surface area (Å²) in [6.45, 7) is 1.76. The summed E-state index contributed by atoms with van der Waals surface area (Å²) in [5, 5.41) is 31.8. The molecule has 2 heterocycles. The number of urea groups is 1. The molecular weight excluding hydrogens is 534 g/mol. The van der Waals surface area contributed by atoms with E-state index in [0.717, 1.165) is 37.2 Å². The molecule has 1 saturated heterocycles. The van der Waals surface area contributed by atoms with Crippen molar-refractivity contribution in [3.63, 3.8) is 0 Å². The van der Waals surface area contributed by atoms with Gasteiger partial charge in [0.25, 0.3) is 0 Å². The molecule has 2 amide bonds. The Labute approximate surface area is 244 Å². The molecule has 2 rings (SSSR count). The minimum absolute atomic E-state index is 0.253. The third kappa shape index (κ3) is 12.6. The second-order valence-electron chi connectivity index (χ2n) is 10.9. The van der Waals surface area contributed by atoms with Crippen LogP contribution in [0.4, 0.5) is 4.79 Å². The average molecular weight is 588 g/mol. The van der Waals surface area contributed by atoms with Gasteiger partial charge in [0.2, 0.25) is 0 Å². The van der Waals surface area contributed by atoms with Gasteiger partial charge in [-0.1, -0.05) is 70.6 Å². The first-order valence-corrected chi connectivity index (χ1v) is 15.2. The maximum Gasteiger partial charge on any atom is 0.325 e. The number of nitrogens with one attached hydrogen (secondary N) is 1. The quantitative estimate of drug-likeness (QED) is 0.0833. The maximum atomic E-state index is 12.7. The van der Waals surface area contributed by atoms with Crippen LogP contribution in [0, 0.1) is 0 Å². The van der Waals surface area contributed by atoms with Gasteiger partial charge >= 0.3 is 6.03 Å². The number of Topliss-reactive ketones (excluding diaryl/α,β-unsaturated/α-hetero) is 1. The van der Waals surface area contributed by atoms with Crippen molar-refractivity contribution in [3.8, 4) is 0 Å². The van der Waals surface area contributed by atoms with Crippen molar-refractivity contribution in [2.75, 3.05) is 40.3 Å². The zero-order chi connectivity index (χ0) is 29.9. The molecule has 0 bridgehead atoms. The number of aliphatic hydroxyl groups excluding tert-OH is 3. The molecule has 41 heavy (non-hydrogen) atoms. The molecule has 0 aromatic rings. The van der Waals surface area contributed by atoms with Gasteiger partial charge in [-0.15, -0.1) is 0 Å². The highest BCUT2D eigenvalue weighted by Crippen LogP contribution is 2.26. The third-order valence-corrected chi connectivity index (χ3v) is 7.59. The summed E-state index contributed by atoms with van der Waals surface area (Å²) in [5.74, 6) is -0.289. The molecule has 6 N–H and O–H groups in total. The van der Waals surface area contributed by atoms with E-state index >= 15 is 0 Å². The molecule has 238 valence electrons. The topological polar surface area (TPSA) is 173 Å². The van der Waals surface area contributed by atoms with Gasteiger partial charge < -0.3 is 39.6 Å². The molecule has 0 spiro atoms. The van der Waals surface area contributed by atoms with Crippen LogP contribution in [-0.2, 0) is 23.7 Å². The Hall–Kier alpha value is -1.64. The maximum absolute atomic E-state index is 12.7. The standard InChI is InChI=1S/C29H53N3O9/c1-38-19-20-40-22-39-18-14-12-10-8-6-4-2-3-5-7-9-11-13-15-24(34)29(30)16-17-32(28(37)31-29)27-26(36)25(35)23(21-33)41-27/h16-17,23,25-27,33,35-36H,2-15,18-22,30H2,1H3,(H,31,37)/t23-,25-,26+,27-,29?/m1/s1. The van der Waals surface area contributed by atoms with Gasteiger partial charge in [0, 0.05) is 26.3 Å². The molecule has 0 aromatic heterocycles. The minimum atomic E-state index is -1.63. The summed E-state index contributed by atoms with van der Waals surface area (Å²) in [7, 11) is 1.65. The summed E-state index contributed by atoms with van der Waals surface area (Å²) in [4.78, 5) is 26.3. The largest absolute Gasteiger partial charge is 0.394 e. The molecule has 1 unspecified atom stereocenters. The Morgan fingerprint density at radius 1 is 0.927 bits per heavy atom. The first kappa shape index (κ1) is 35.6. The van der Waals surface area contributed by atoms with E-state index in [2.05, 4.69) is 5.32 Å². The van der Waals surface area contributed by atoms with E-state index in [1.165, 1.54) is 63.6 Å². The fourth-order valence-corrected chi connectivity index (χ4v) is 4.98. The number of amides is 2. The lowest BCUT2D eigenvalue weighted by atomic mass is 9.98. The third-order valence-electron chi connectivity index (χ3n) is 7.59. The summed E-state index contributed by atoms with van der Waals surface area (Å²) < 4.78 is 21.0. The summed E-state index contributed by atoms with van der Waals surface area (Å²) in [5.41, 5.74) is 4.53. The minimum Gasteiger partial charge on any atom is -0.394 e. The van der Waals surface area contributed by atoms with Crippen LogP contribution in [0.15, 0.2) is 12.3 Å². The van der Waals surface area contributed by atoms with E-state index in [1.54, 1.807) is 7.11 Å². The Kier molecular flexibility index (Phi) is 17.6. The van der Waals surface area contributed by atoms with Gasteiger partial charge in [0.1, 0.15) is 25.1 Å². The number of carbonyl (C=O) groups excluding carboxylic acids is 2. The highest BCUT2D eigenvalue weighted by atomic mass is 16.7. The highest BCUT2D eigenvalue weighted by Gasteiger charge is 2.48. The number of unbranched alkanes of at least 4 members (excludes halogenated alkanes) is 12. The molecule has 0 aromatic carbocycles.